The second kappa shape index (κ2) is 5.50. The molecule has 0 saturated heterocycles. The maximum atomic E-state index is 13.3. The fourth-order valence-electron chi connectivity index (χ4n) is 0.973. The maximum absolute atomic E-state index is 13.3. The maximum Gasteiger partial charge on any atom is 0.359 e. The van der Waals surface area contributed by atoms with Gasteiger partial charge in [-0.2, -0.15) is 0 Å². The molecule has 0 amide bonds. The molecule has 0 fully saturated rings. The average Bonchev–Trinajstić information content (AvgIpc) is 2.25. The minimum atomic E-state index is -0.795. The molecule has 15 heavy (non-hydrogen) atoms. The topological polar surface area (TPSA) is 51.2 Å². The summed E-state index contributed by atoms with van der Waals surface area (Å²) in [4.78, 5) is 14.6. The van der Waals surface area contributed by atoms with Crippen LogP contribution in [-0.4, -0.2) is 30.5 Å². The second-order valence-electron chi connectivity index (χ2n) is 2.66. The van der Waals surface area contributed by atoms with E-state index in [0.717, 1.165) is 0 Å². The van der Waals surface area contributed by atoms with E-state index >= 15 is 0 Å². The number of esters is 1. The van der Waals surface area contributed by atoms with Gasteiger partial charge < -0.3 is 10.1 Å². The number of methoxy groups -OCH3 is 1. The number of pyridine rings is 1. The first-order valence-electron chi connectivity index (χ1n) is 4.22. The molecule has 4 nitrogen and oxygen atoms in total. The smallest absolute Gasteiger partial charge is 0.359 e. The number of alkyl halides is 1. The Balaban J connectivity index is 2.83. The Bertz CT molecular complexity index is 360. The van der Waals surface area contributed by atoms with Gasteiger partial charge in [0.1, 0.15) is 0 Å². The lowest BCUT2D eigenvalue weighted by Gasteiger charge is -2.05. The molecule has 0 unspecified atom stereocenters. The van der Waals surface area contributed by atoms with Crippen molar-refractivity contribution >= 4 is 23.3 Å². The number of aromatic nitrogens is 1. The van der Waals surface area contributed by atoms with Crippen LogP contribution in [0.5, 0.6) is 0 Å². The van der Waals surface area contributed by atoms with Gasteiger partial charge >= 0.3 is 5.97 Å². The Morgan fingerprint density at radius 1 is 1.73 bits per heavy atom. The Morgan fingerprint density at radius 2 is 2.47 bits per heavy atom. The third-order valence-electron chi connectivity index (χ3n) is 1.64. The molecule has 0 aliphatic carbocycles. The Morgan fingerprint density at radius 3 is 3.00 bits per heavy atom. The average molecular weight is 233 g/mol. The zero-order chi connectivity index (χ0) is 11.3. The first kappa shape index (κ1) is 11.7. The molecule has 0 aliphatic heterocycles. The van der Waals surface area contributed by atoms with Gasteiger partial charge in [-0.25, -0.2) is 14.2 Å². The largest absolute Gasteiger partial charge is 0.464 e. The molecule has 0 atom stereocenters. The number of halogens is 2. The highest BCUT2D eigenvalue weighted by Gasteiger charge is 2.13. The minimum absolute atomic E-state index is 0.325. The molecular formula is C9H10ClFN2O2. The van der Waals surface area contributed by atoms with Crippen LogP contribution in [0.2, 0.25) is 0 Å². The number of ether oxygens (including phenoxy) is 1. The highest BCUT2D eigenvalue weighted by molar-refractivity contribution is 6.18. The number of nitrogens with zero attached hydrogens (tertiary/aromatic N) is 1. The molecule has 0 aliphatic rings. The molecule has 1 heterocycles. The fourth-order valence-corrected chi connectivity index (χ4v) is 1.07. The molecule has 0 spiro atoms. The van der Waals surface area contributed by atoms with Crippen LogP contribution in [-0.2, 0) is 4.74 Å². The molecule has 1 aromatic heterocycles. The summed E-state index contributed by atoms with van der Waals surface area (Å²) in [7, 11) is 1.17. The first-order valence-corrected chi connectivity index (χ1v) is 4.76. The summed E-state index contributed by atoms with van der Waals surface area (Å²) in [6.07, 6.45) is 1.35. The van der Waals surface area contributed by atoms with Crippen LogP contribution in [0.3, 0.4) is 0 Å². The Kier molecular flexibility index (Phi) is 4.30. The summed E-state index contributed by atoms with van der Waals surface area (Å²) >= 11 is 5.44. The van der Waals surface area contributed by atoms with Crippen LogP contribution < -0.4 is 5.32 Å². The summed E-state index contributed by atoms with van der Waals surface area (Å²) < 4.78 is 17.6. The van der Waals surface area contributed by atoms with Crippen LogP contribution in [0.15, 0.2) is 12.3 Å². The van der Waals surface area contributed by atoms with Gasteiger partial charge in [-0.3, -0.25) is 0 Å². The predicted octanol–water partition coefficient (Wildman–Crippen LogP) is 1.66. The van der Waals surface area contributed by atoms with Crippen molar-refractivity contribution in [1.82, 2.24) is 4.98 Å². The fraction of sp³-hybridized carbons (Fsp3) is 0.333. The van der Waals surface area contributed by atoms with Gasteiger partial charge in [0.25, 0.3) is 0 Å². The zero-order valence-corrected chi connectivity index (χ0v) is 8.84. The zero-order valence-electron chi connectivity index (χ0n) is 8.09. The molecule has 0 aromatic carbocycles. The van der Waals surface area contributed by atoms with E-state index < -0.39 is 11.8 Å². The number of hydrogen-bond acceptors (Lipinski definition) is 4. The van der Waals surface area contributed by atoms with Crippen molar-refractivity contribution in [1.29, 1.82) is 0 Å². The summed E-state index contributed by atoms with van der Waals surface area (Å²) in [6.45, 7) is 0.500. The van der Waals surface area contributed by atoms with Gasteiger partial charge in [0.15, 0.2) is 11.5 Å². The highest BCUT2D eigenvalue weighted by atomic mass is 35.5. The van der Waals surface area contributed by atoms with Crippen LogP contribution in [0.25, 0.3) is 0 Å². The highest BCUT2D eigenvalue weighted by Crippen LogP contribution is 2.12. The normalized spacial score (nSPS) is 9.80. The van der Waals surface area contributed by atoms with Crippen molar-refractivity contribution in [2.24, 2.45) is 0 Å². The van der Waals surface area contributed by atoms with Crippen molar-refractivity contribution in [3.8, 4) is 0 Å². The van der Waals surface area contributed by atoms with Crippen LogP contribution in [0, 0.1) is 5.82 Å². The predicted molar refractivity (Wildman–Crippen MR) is 54.7 cm³/mol. The second-order valence-corrected chi connectivity index (χ2v) is 3.04. The molecule has 6 heteroatoms. The standard InChI is InChI=1S/C9H10ClFN2O2/c1-15-9(14)8-7(11)4-6(5-13-8)12-3-2-10/h4-5,12H,2-3H2,1H3. The lowest BCUT2D eigenvalue weighted by molar-refractivity contribution is 0.0588. The van der Waals surface area contributed by atoms with Crippen LogP contribution >= 0.6 is 11.6 Å². The number of hydrogen-bond donors (Lipinski definition) is 1. The number of rotatable bonds is 4. The van der Waals surface area contributed by atoms with Gasteiger partial charge in [-0.05, 0) is 0 Å². The molecule has 82 valence electrons. The SMILES string of the molecule is COC(=O)c1ncc(NCCCl)cc1F. The number of nitrogens with one attached hydrogen (secondary N) is 1. The third-order valence-corrected chi connectivity index (χ3v) is 1.83. The van der Waals surface area contributed by atoms with Crippen molar-refractivity contribution in [2.45, 2.75) is 0 Å². The van der Waals surface area contributed by atoms with Crippen molar-refractivity contribution in [3.05, 3.63) is 23.8 Å². The summed E-state index contributed by atoms with van der Waals surface area (Å²) in [5.74, 6) is -1.11. The molecule has 0 radical (unpaired) electrons. The van der Waals surface area contributed by atoms with Crippen molar-refractivity contribution in [2.75, 3.05) is 24.9 Å². The van der Waals surface area contributed by atoms with E-state index in [4.69, 9.17) is 11.6 Å². The van der Waals surface area contributed by atoms with Gasteiger partial charge in [0, 0.05) is 18.5 Å². The van der Waals surface area contributed by atoms with Crippen molar-refractivity contribution in [3.63, 3.8) is 0 Å². The lowest BCUT2D eigenvalue weighted by atomic mass is 10.3. The number of carbonyl (C=O) groups excluding carboxylic acids is 1. The molecule has 1 N–H and O–H groups in total. The van der Waals surface area contributed by atoms with Crippen LogP contribution in [0.4, 0.5) is 10.1 Å². The van der Waals surface area contributed by atoms with Gasteiger partial charge in [0.05, 0.1) is 19.0 Å². The number of anilines is 1. The summed E-state index contributed by atoms with van der Waals surface area (Å²) in [5.41, 5.74) is 0.148. The molecule has 0 saturated carbocycles. The van der Waals surface area contributed by atoms with Crippen LogP contribution in [0.1, 0.15) is 10.5 Å². The Labute approximate surface area is 91.4 Å². The third kappa shape index (κ3) is 3.06. The van der Waals surface area contributed by atoms with Gasteiger partial charge in [-0.1, -0.05) is 0 Å². The molecule has 1 aromatic rings. The van der Waals surface area contributed by atoms with Crippen molar-refractivity contribution < 1.29 is 13.9 Å². The molecular weight excluding hydrogens is 223 g/mol. The first-order chi connectivity index (χ1) is 7.19. The van der Waals surface area contributed by atoms with Gasteiger partial charge in [-0.15, -0.1) is 11.6 Å². The van der Waals surface area contributed by atoms with E-state index in [2.05, 4.69) is 15.0 Å². The molecule has 0 bridgehead atoms. The van der Waals surface area contributed by atoms with E-state index in [1.807, 2.05) is 0 Å². The van der Waals surface area contributed by atoms with E-state index in [-0.39, 0.29) is 5.69 Å². The summed E-state index contributed by atoms with van der Waals surface area (Å²) in [6, 6.07) is 1.17. The van der Waals surface area contributed by atoms with Gasteiger partial charge in [0.2, 0.25) is 0 Å². The number of carbonyl (C=O) groups is 1. The lowest BCUT2D eigenvalue weighted by Crippen LogP contribution is -2.09. The molecule has 1 rings (SSSR count). The summed E-state index contributed by atoms with van der Waals surface area (Å²) in [5, 5.41) is 2.83. The quantitative estimate of drug-likeness (QED) is 0.634. The van der Waals surface area contributed by atoms with E-state index in [9.17, 15) is 9.18 Å². The minimum Gasteiger partial charge on any atom is -0.464 e. The van der Waals surface area contributed by atoms with E-state index in [1.165, 1.54) is 19.4 Å². The Hall–Kier alpha value is -1.36. The van der Waals surface area contributed by atoms with E-state index in [1.54, 1.807) is 0 Å². The monoisotopic (exact) mass is 232 g/mol. The van der Waals surface area contributed by atoms with E-state index in [0.29, 0.717) is 18.1 Å².